The molecule has 0 unspecified atom stereocenters. The van der Waals surface area contributed by atoms with Crippen LogP contribution in [0.1, 0.15) is 55.3 Å². The molecule has 3 aliphatic rings. The standard InChI is InChI=1S/C30H38FN7O3/c1-5-30(31)19-38(22-9-7-6-8-10-22)26-24(37(3)28(30)40)18-32-29(35-26)34-23-12-11-20(17-25(23)41-4)27(39)33-21-13-15-36(2)16-14-21/h1,11-12,17-18,21-22H,6-10,13-16,19H2,2-4H3,(H,33,39)(H,32,34,35)/t30-/m0/s1. The van der Waals surface area contributed by atoms with Crippen LogP contribution in [0.25, 0.3) is 0 Å². The summed E-state index contributed by atoms with van der Waals surface area (Å²) in [6.45, 7) is 1.63. The number of methoxy groups -OCH3 is 1. The van der Waals surface area contributed by atoms with Gasteiger partial charge in [0.15, 0.2) is 5.82 Å². The molecule has 2 aromatic rings. The molecule has 1 aromatic heterocycles. The number of aromatic nitrogens is 2. The van der Waals surface area contributed by atoms with Crippen LogP contribution in [0.15, 0.2) is 24.4 Å². The van der Waals surface area contributed by atoms with E-state index in [0.717, 1.165) is 58.0 Å². The van der Waals surface area contributed by atoms with Crippen LogP contribution in [0.5, 0.6) is 5.75 Å². The molecule has 10 nitrogen and oxygen atoms in total. The van der Waals surface area contributed by atoms with E-state index in [1.54, 1.807) is 18.2 Å². The predicted octanol–water partition coefficient (Wildman–Crippen LogP) is 3.51. The molecule has 0 radical (unpaired) electrons. The van der Waals surface area contributed by atoms with Crippen LogP contribution in [-0.2, 0) is 4.79 Å². The number of benzene rings is 1. The summed E-state index contributed by atoms with van der Waals surface area (Å²) >= 11 is 0. The number of piperidine rings is 1. The Balaban J connectivity index is 1.41. The zero-order valence-corrected chi connectivity index (χ0v) is 24.0. The summed E-state index contributed by atoms with van der Waals surface area (Å²) in [4.78, 5) is 40.5. The van der Waals surface area contributed by atoms with Gasteiger partial charge in [-0.3, -0.25) is 9.59 Å². The van der Waals surface area contributed by atoms with Gasteiger partial charge in [0.2, 0.25) is 5.95 Å². The summed E-state index contributed by atoms with van der Waals surface area (Å²) < 4.78 is 21.4. The summed E-state index contributed by atoms with van der Waals surface area (Å²) in [6, 6.07) is 5.30. The Morgan fingerprint density at radius 1 is 1.17 bits per heavy atom. The number of alkyl halides is 1. The molecule has 1 atom stereocenters. The molecule has 3 heterocycles. The molecule has 218 valence electrons. The SMILES string of the molecule is C#C[C@]1(F)CN(C2CCCCC2)c2nc(Nc3ccc(C(=O)NC4CCN(C)CC4)cc3OC)ncc2N(C)C1=O. The number of fused-ring (bicyclic) bond motifs is 1. The number of nitrogens with one attached hydrogen (secondary N) is 2. The van der Waals surface area contributed by atoms with E-state index in [2.05, 4.69) is 33.5 Å². The fourth-order valence-electron chi connectivity index (χ4n) is 5.91. The first-order valence-electron chi connectivity index (χ1n) is 14.3. The number of amides is 2. The van der Waals surface area contributed by atoms with Crippen molar-refractivity contribution in [1.82, 2.24) is 20.2 Å². The van der Waals surface area contributed by atoms with E-state index in [1.165, 1.54) is 25.3 Å². The number of rotatable bonds is 6. The quantitative estimate of drug-likeness (QED) is 0.515. The van der Waals surface area contributed by atoms with Crippen molar-refractivity contribution in [2.75, 3.05) is 56.0 Å². The van der Waals surface area contributed by atoms with Gasteiger partial charge in [-0.25, -0.2) is 9.37 Å². The minimum absolute atomic E-state index is 0.00456. The topological polar surface area (TPSA) is 103 Å². The Morgan fingerprint density at radius 3 is 2.59 bits per heavy atom. The van der Waals surface area contributed by atoms with Gasteiger partial charge in [-0.2, -0.15) is 4.98 Å². The lowest BCUT2D eigenvalue weighted by atomic mass is 9.93. The molecule has 0 bridgehead atoms. The minimum atomic E-state index is -2.48. The summed E-state index contributed by atoms with van der Waals surface area (Å²) in [5.74, 6) is 2.30. The van der Waals surface area contributed by atoms with Crippen molar-refractivity contribution < 1.29 is 18.7 Å². The molecule has 0 spiro atoms. The minimum Gasteiger partial charge on any atom is -0.495 e. The third-order valence-corrected chi connectivity index (χ3v) is 8.42. The first-order chi connectivity index (χ1) is 19.7. The van der Waals surface area contributed by atoms with E-state index in [9.17, 15) is 9.59 Å². The maximum atomic E-state index is 15.8. The first kappa shape index (κ1) is 28.6. The fourth-order valence-corrected chi connectivity index (χ4v) is 5.91. The molecule has 2 fully saturated rings. The Bertz CT molecular complexity index is 1330. The number of halogens is 1. The van der Waals surface area contributed by atoms with Crippen LogP contribution in [0.3, 0.4) is 0 Å². The number of hydrogen-bond donors (Lipinski definition) is 2. The van der Waals surface area contributed by atoms with Crippen LogP contribution < -0.4 is 25.2 Å². The lowest BCUT2D eigenvalue weighted by molar-refractivity contribution is -0.125. The highest BCUT2D eigenvalue weighted by atomic mass is 19.1. The Labute approximate surface area is 240 Å². The maximum absolute atomic E-state index is 15.8. The number of terminal acetylenes is 1. The highest BCUT2D eigenvalue weighted by Crippen LogP contribution is 2.39. The van der Waals surface area contributed by atoms with E-state index in [0.29, 0.717) is 28.5 Å². The summed E-state index contributed by atoms with van der Waals surface area (Å²) in [7, 11) is 5.11. The van der Waals surface area contributed by atoms with Crippen molar-refractivity contribution in [1.29, 1.82) is 0 Å². The van der Waals surface area contributed by atoms with E-state index < -0.39 is 11.6 Å². The second kappa shape index (κ2) is 11.9. The molecule has 11 heteroatoms. The molecule has 1 saturated carbocycles. The van der Waals surface area contributed by atoms with Crippen molar-refractivity contribution in [3.8, 4) is 18.1 Å². The third kappa shape index (κ3) is 5.93. The molecular formula is C30H38FN7O3. The summed E-state index contributed by atoms with van der Waals surface area (Å²) in [6.07, 6.45) is 13.8. The van der Waals surface area contributed by atoms with Crippen molar-refractivity contribution in [3.05, 3.63) is 30.0 Å². The van der Waals surface area contributed by atoms with Gasteiger partial charge >= 0.3 is 0 Å². The van der Waals surface area contributed by atoms with Crippen LogP contribution in [0.2, 0.25) is 0 Å². The average Bonchev–Trinajstić information content (AvgIpc) is 3.08. The molecule has 5 rings (SSSR count). The predicted molar refractivity (Wildman–Crippen MR) is 157 cm³/mol. The van der Waals surface area contributed by atoms with Crippen molar-refractivity contribution in [2.45, 2.75) is 62.7 Å². The van der Waals surface area contributed by atoms with Gasteiger partial charge in [-0.05, 0) is 64.0 Å². The van der Waals surface area contributed by atoms with Gasteiger partial charge in [-0.1, -0.05) is 25.2 Å². The number of carbonyl (C=O) groups is 2. The maximum Gasteiger partial charge on any atom is 0.279 e. The Kier molecular flexibility index (Phi) is 8.31. The van der Waals surface area contributed by atoms with Crippen molar-refractivity contribution in [3.63, 3.8) is 0 Å². The monoisotopic (exact) mass is 563 g/mol. The second-order valence-electron chi connectivity index (χ2n) is 11.2. The molecule has 1 saturated heterocycles. The normalized spacial score (nSPS) is 22.5. The Morgan fingerprint density at radius 2 is 1.90 bits per heavy atom. The number of hydrogen-bond acceptors (Lipinski definition) is 8. The molecule has 2 amide bonds. The molecule has 2 N–H and O–H groups in total. The van der Waals surface area contributed by atoms with E-state index in [-0.39, 0.29) is 30.5 Å². The van der Waals surface area contributed by atoms with Crippen molar-refractivity contribution in [2.24, 2.45) is 0 Å². The average molecular weight is 564 g/mol. The molecule has 41 heavy (non-hydrogen) atoms. The van der Waals surface area contributed by atoms with Gasteiger partial charge in [0.1, 0.15) is 11.4 Å². The second-order valence-corrected chi connectivity index (χ2v) is 11.2. The lowest BCUT2D eigenvalue weighted by Gasteiger charge is -2.36. The zero-order valence-electron chi connectivity index (χ0n) is 24.0. The van der Waals surface area contributed by atoms with Crippen LogP contribution >= 0.6 is 0 Å². The first-order valence-corrected chi connectivity index (χ1v) is 14.3. The Hall–Kier alpha value is -3.91. The molecule has 2 aliphatic heterocycles. The van der Waals surface area contributed by atoms with E-state index in [4.69, 9.17) is 16.1 Å². The van der Waals surface area contributed by atoms with Crippen LogP contribution in [-0.4, -0.2) is 85.3 Å². The van der Waals surface area contributed by atoms with Crippen LogP contribution in [0.4, 0.5) is 27.5 Å². The van der Waals surface area contributed by atoms with E-state index in [1.807, 2.05) is 4.90 Å². The number of likely N-dealkylation sites (tertiary alicyclic amines) is 1. The number of nitrogens with zero attached hydrogens (tertiary/aromatic N) is 5. The van der Waals surface area contributed by atoms with Crippen molar-refractivity contribution >= 4 is 35.0 Å². The van der Waals surface area contributed by atoms with E-state index >= 15 is 4.39 Å². The van der Waals surface area contributed by atoms with Gasteiger partial charge in [-0.15, -0.1) is 6.42 Å². The highest BCUT2D eigenvalue weighted by Gasteiger charge is 2.47. The van der Waals surface area contributed by atoms with Crippen LogP contribution in [0, 0.1) is 12.3 Å². The number of carbonyl (C=O) groups excluding carboxylic acids is 2. The molecule has 1 aromatic carbocycles. The zero-order chi connectivity index (χ0) is 29.1. The third-order valence-electron chi connectivity index (χ3n) is 8.42. The summed E-state index contributed by atoms with van der Waals surface area (Å²) in [5, 5.41) is 6.30. The molecular weight excluding hydrogens is 525 g/mol. The lowest BCUT2D eigenvalue weighted by Crippen LogP contribution is -2.51. The van der Waals surface area contributed by atoms with Gasteiger partial charge in [0.05, 0.1) is 25.5 Å². The number of ether oxygens (including phenoxy) is 1. The van der Waals surface area contributed by atoms with Gasteiger partial charge in [0.25, 0.3) is 17.5 Å². The smallest absolute Gasteiger partial charge is 0.279 e. The highest BCUT2D eigenvalue weighted by molar-refractivity contribution is 6.05. The fraction of sp³-hybridized carbons (Fsp3) is 0.533. The van der Waals surface area contributed by atoms with Gasteiger partial charge in [0, 0.05) is 24.7 Å². The van der Waals surface area contributed by atoms with Gasteiger partial charge < -0.3 is 30.1 Å². The largest absolute Gasteiger partial charge is 0.495 e. The molecule has 1 aliphatic carbocycles. The summed E-state index contributed by atoms with van der Waals surface area (Å²) in [5.41, 5.74) is -1.03. The number of anilines is 4.